The van der Waals surface area contributed by atoms with Gasteiger partial charge in [-0.1, -0.05) is 30.9 Å². The maximum atomic E-state index is 10.7. The van der Waals surface area contributed by atoms with Gasteiger partial charge >= 0.3 is 0 Å². The summed E-state index contributed by atoms with van der Waals surface area (Å²) in [5.41, 5.74) is 1.61. The highest BCUT2D eigenvalue weighted by Gasteiger charge is 2.11. The predicted octanol–water partition coefficient (Wildman–Crippen LogP) is 3.94. The van der Waals surface area contributed by atoms with Gasteiger partial charge in [-0.3, -0.25) is 10.1 Å². The van der Waals surface area contributed by atoms with Crippen LogP contribution < -0.4 is 5.32 Å². The molecular weight excluding hydrogens is 228 g/mol. The second-order valence-electron chi connectivity index (χ2n) is 3.20. The van der Waals surface area contributed by atoms with Gasteiger partial charge in [0.2, 0.25) is 0 Å². The van der Waals surface area contributed by atoms with E-state index in [4.69, 9.17) is 0 Å². The number of nitro benzene ring substituents is 1. The number of anilines is 1. The Morgan fingerprint density at radius 2 is 2.06 bits per heavy atom. The normalized spacial score (nSPS) is 9.94. The molecule has 96 valence electrons. The molecule has 0 bridgehead atoms. The highest BCUT2D eigenvalue weighted by Crippen LogP contribution is 2.23. The van der Waals surface area contributed by atoms with Gasteiger partial charge in [-0.05, 0) is 18.6 Å². The molecule has 0 radical (unpaired) electrons. The molecule has 0 aliphatic heterocycles. The molecule has 0 aliphatic rings. The molecule has 4 nitrogen and oxygen atoms in total. The summed E-state index contributed by atoms with van der Waals surface area (Å²) in [6, 6.07) is 6.58. The average molecular weight is 246 g/mol. The van der Waals surface area contributed by atoms with Crippen molar-refractivity contribution >= 4 is 11.4 Å². The molecule has 0 saturated carbocycles. The Bertz CT molecular complexity index is 439. The quantitative estimate of drug-likeness (QED) is 0.370. The maximum absolute atomic E-state index is 10.7. The molecule has 0 spiro atoms. The van der Waals surface area contributed by atoms with Crippen LogP contribution in [0.5, 0.6) is 0 Å². The lowest BCUT2D eigenvalue weighted by Crippen LogP contribution is -2.05. The molecule has 4 heteroatoms. The van der Waals surface area contributed by atoms with Gasteiger partial charge in [-0.2, -0.15) is 0 Å². The van der Waals surface area contributed by atoms with Gasteiger partial charge in [0.1, 0.15) is 5.69 Å². The monoisotopic (exact) mass is 246 g/mol. The maximum Gasteiger partial charge on any atom is 0.292 e. The topological polar surface area (TPSA) is 55.2 Å². The fourth-order valence-electron chi connectivity index (χ4n) is 1.27. The van der Waals surface area contributed by atoms with Crippen molar-refractivity contribution in [2.45, 2.75) is 6.92 Å². The van der Waals surface area contributed by atoms with Crippen LogP contribution in [0.25, 0.3) is 0 Å². The zero-order chi connectivity index (χ0) is 14.0. The number of hydrogen-bond acceptors (Lipinski definition) is 3. The minimum atomic E-state index is -0.397. The molecule has 0 saturated heterocycles. The Kier molecular flexibility index (Phi) is 7.61. The van der Waals surface area contributed by atoms with Crippen molar-refractivity contribution in [1.29, 1.82) is 0 Å². The third-order valence-corrected chi connectivity index (χ3v) is 2.22. The Morgan fingerprint density at radius 3 is 2.56 bits per heavy atom. The van der Waals surface area contributed by atoms with Crippen LogP contribution in [-0.2, 0) is 0 Å². The van der Waals surface area contributed by atoms with E-state index in [1.165, 1.54) is 6.07 Å². The fraction of sp³-hybridized carbons (Fsp3) is 0.143. The number of para-hydroxylation sites is 2. The predicted molar refractivity (Wildman–Crippen MR) is 76.8 cm³/mol. The lowest BCUT2D eigenvalue weighted by atomic mass is 10.2. The molecule has 1 aromatic carbocycles. The first-order valence-corrected chi connectivity index (χ1v) is 5.44. The van der Waals surface area contributed by atoms with Crippen LogP contribution in [-0.4, -0.2) is 11.5 Å². The highest BCUT2D eigenvalue weighted by molar-refractivity contribution is 5.61. The third-order valence-electron chi connectivity index (χ3n) is 2.22. The number of benzene rings is 1. The van der Waals surface area contributed by atoms with Gasteiger partial charge in [0.05, 0.1) is 4.92 Å². The summed E-state index contributed by atoms with van der Waals surface area (Å²) in [6.07, 6.45) is 3.64. The second-order valence-corrected chi connectivity index (χ2v) is 3.20. The number of allylic oxidation sites excluding steroid dienone is 1. The lowest BCUT2D eigenvalue weighted by molar-refractivity contribution is -0.383. The molecule has 18 heavy (non-hydrogen) atoms. The Hall–Kier alpha value is -2.36. The average Bonchev–Trinajstić information content (AvgIpc) is 2.42. The van der Waals surface area contributed by atoms with Crippen LogP contribution in [0.4, 0.5) is 11.4 Å². The third kappa shape index (κ3) is 4.65. The molecule has 1 N–H and O–H groups in total. The van der Waals surface area contributed by atoms with Crippen LogP contribution in [0.1, 0.15) is 6.92 Å². The van der Waals surface area contributed by atoms with Crippen LogP contribution >= 0.6 is 0 Å². The molecule has 0 fully saturated rings. The summed E-state index contributed by atoms with van der Waals surface area (Å²) in [5, 5.41) is 13.8. The first kappa shape index (κ1) is 15.6. The van der Waals surface area contributed by atoms with E-state index in [2.05, 4.69) is 25.1 Å². The summed E-state index contributed by atoms with van der Waals surface area (Å²) < 4.78 is 0. The zero-order valence-corrected chi connectivity index (χ0v) is 10.6. The van der Waals surface area contributed by atoms with E-state index < -0.39 is 4.92 Å². The van der Waals surface area contributed by atoms with E-state index >= 15 is 0 Å². The summed E-state index contributed by atoms with van der Waals surface area (Å²) in [6.45, 7) is 12.1. The highest BCUT2D eigenvalue weighted by atomic mass is 16.6. The smallest absolute Gasteiger partial charge is 0.292 e. The molecule has 0 amide bonds. The van der Waals surface area contributed by atoms with Gasteiger partial charge in [0, 0.05) is 12.6 Å². The Labute approximate surface area is 107 Å². The van der Waals surface area contributed by atoms with Gasteiger partial charge in [-0.15, -0.1) is 13.2 Å². The van der Waals surface area contributed by atoms with Crippen LogP contribution in [0.3, 0.4) is 0 Å². The van der Waals surface area contributed by atoms with Gasteiger partial charge in [0.15, 0.2) is 0 Å². The number of nitrogens with zero attached hydrogens (tertiary/aromatic N) is 1. The molecule has 0 unspecified atom stereocenters. The Balaban J connectivity index is 0.00000137. The molecule has 0 atom stereocenters. The van der Waals surface area contributed by atoms with E-state index in [0.717, 1.165) is 5.57 Å². The molecule has 0 heterocycles. The lowest BCUT2D eigenvalue weighted by Gasteiger charge is -2.06. The van der Waals surface area contributed by atoms with Crippen molar-refractivity contribution < 1.29 is 4.92 Å². The summed E-state index contributed by atoms with van der Waals surface area (Å²) in [4.78, 5) is 10.3. The van der Waals surface area contributed by atoms with E-state index in [-0.39, 0.29) is 5.69 Å². The van der Waals surface area contributed by atoms with Gasteiger partial charge < -0.3 is 5.32 Å². The second kappa shape index (κ2) is 8.75. The van der Waals surface area contributed by atoms with Crippen molar-refractivity contribution in [3.05, 3.63) is 71.8 Å². The summed E-state index contributed by atoms with van der Waals surface area (Å²) in [5.74, 6) is 0. The van der Waals surface area contributed by atoms with E-state index in [0.29, 0.717) is 12.2 Å². The summed E-state index contributed by atoms with van der Waals surface area (Å²) in [7, 11) is 0. The van der Waals surface area contributed by atoms with Crippen molar-refractivity contribution in [2.24, 2.45) is 0 Å². The van der Waals surface area contributed by atoms with E-state index in [1.54, 1.807) is 24.3 Å². The van der Waals surface area contributed by atoms with Crippen LogP contribution in [0.15, 0.2) is 61.7 Å². The molecular formula is C14H18N2O2. The number of rotatable bonds is 5. The number of hydrogen-bond donors (Lipinski definition) is 1. The largest absolute Gasteiger partial charge is 0.375 e. The fourth-order valence-corrected chi connectivity index (χ4v) is 1.27. The standard InChI is InChI=1S/C12H14N2O2.C2H4/c1-3-10(4-2)9-13-11-7-5-6-8-12(11)14(15)16;1-2/h3-8,13H,1,9H2,2H3;1-2H2/b10-4+;. The number of nitrogens with one attached hydrogen (secondary N) is 1. The first-order chi connectivity index (χ1) is 8.69. The minimum absolute atomic E-state index is 0.0852. The summed E-state index contributed by atoms with van der Waals surface area (Å²) >= 11 is 0. The van der Waals surface area contributed by atoms with Crippen molar-refractivity contribution in [1.82, 2.24) is 0 Å². The van der Waals surface area contributed by atoms with Crippen LogP contribution in [0.2, 0.25) is 0 Å². The van der Waals surface area contributed by atoms with Crippen molar-refractivity contribution in [2.75, 3.05) is 11.9 Å². The molecule has 0 aromatic heterocycles. The molecule has 1 aromatic rings. The minimum Gasteiger partial charge on any atom is -0.375 e. The Morgan fingerprint density at radius 1 is 1.44 bits per heavy atom. The molecule has 0 aliphatic carbocycles. The van der Waals surface area contributed by atoms with E-state index in [9.17, 15) is 10.1 Å². The van der Waals surface area contributed by atoms with Crippen molar-refractivity contribution in [3.8, 4) is 0 Å². The van der Waals surface area contributed by atoms with Gasteiger partial charge in [0.25, 0.3) is 5.69 Å². The molecule has 1 rings (SSSR count). The van der Waals surface area contributed by atoms with Gasteiger partial charge in [-0.25, -0.2) is 0 Å². The first-order valence-electron chi connectivity index (χ1n) is 5.44. The van der Waals surface area contributed by atoms with E-state index in [1.807, 2.05) is 13.0 Å². The van der Waals surface area contributed by atoms with Crippen molar-refractivity contribution in [3.63, 3.8) is 0 Å². The number of nitro groups is 1. The van der Waals surface area contributed by atoms with Crippen LogP contribution in [0, 0.1) is 10.1 Å². The SMILES string of the molecule is C=C.C=C/C(=C\C)CNc1ccccc1[N+](=O)[O-]. The zero-order valence-electron chi connectivity index (χ0n) is 10.6.